The first-order valence-electron chi connectivity index (χ1n) is 9.74. The number of nitrogens with two attached hydrogens (primary N) is 1. The molecule has 0 amide bonds. The molecule has 0 fully saturated rings. The second-order valence-electron chi connectivity index (χ2n) is 6.88. The van der Waals surface area contributed by atoms with E-state index in [2.05, 4.69) is 12.1 Å². The molecule has 0 spiro atoms. The zero-order valence-corrected chi connectivity index (χ0v) is 15.1. The molecule has 3 N–H and O–H groups in total. The molecule has 0 unspecified atom stereocenters. The summed E-state index contributed by atoms with van der Waals surface area (Å²) < 4.78 is 0. The Balaban J connectivity index is 1.77. The summed E-state index contributed by atoms with van der Waals surface area (Å²) in [5.74, 6) is -0.663. The van der Waals surface area contributed by atoms with Gasteiger partial charge in [0.1, 0.15) is 0 Å². The maximum Gasteiger partial charge on any atom is 0.303 e. The van der Waals surface area contributed by atoms with E-state index >= 15 is 0 Å². The largest absolute Gasteiger partial charge is 0.481 e. The number of nitrogen functional groups attached to an aromatic ring is 1. The number of aliphatic carboxylic acids is 1. The highest BCUT2D eigenvalue weighted by atomic mass is 16.4. The van der Waals surface area contributed by atoms with Gasteiger partial charge in [-0.05, 0) is 37.0 Å². The monoisotopic (exact) mass is 333 g/mol. The highest BCUT2D eigenvalue weighted by Crippen LogP contribution is 2.14. The van der Waals surface area contributed by atoms with Crippen LogP contribution >= 0.6 is 0 Å². The van der Waals surface area contributed by atoms with Gasteiger partial charge in [0.2, 0.25) is 0 Å². The summed E-state index contributed by atoms with van der Waals surface area (Å²) in [7, 11) is 0. The molecule has 0 radical (unpaired) electrons. The normalized spacial score (nSPS) is 10.8. The Morgan fingerprint density at radius 3 is 1.58 bits per heavy atom. The summed E-state index contributed by atoms with van der Waals surface area (Å²) in [6.07, 6.45) is 16.5. The Kier molecular flexibility index (Phi) is 11.9. The molecule has 0 saturated carbocycles. The van der Waals surface area contributed by atoms with Crippen molar-refractivity contribution < 1.29 is 9.90 Å². The molecular formula is C21H35NO2. The Hall–Kier alpha value is -1.51. The van der Waals surface area contributed by atoms with Gasteiger partial charge < -0.3 is 10.8 Å². The van der Waals surface area contributed by atoms with Crippen LogP contribution in [0.15, 0.2) is 24.3 Å². The molecule has 0 heterocycles. The third-order valence-corrected chi connectivity index (χ3v) is 4.59. The van der Waals surface area contributed by atoms with Gasteiger partial charge in [-0.2, -0.15) is 0 Å². The maximum absolute atomic E-state index is 10.4. The number of rotatable bonds is 15. The van der Waals surface area contributed by atoms with Crippen LogP contribution in [-0.2, 0) is 11.2 Å². The van der Waals surface area contributed by atoms with Crippen LogP contribution in [0.4, 0.5) is 5.69 Å². The molecule has 0 atom stereocenters. The number of aryl methyl sites for hydroxylation is 1. The molecule has 1 rings (SSSR count). The van der Waals surface area contributed by atoms with Gasteiger partial charge in [-0.1, -0.05) is 76.3 Å². The van der Waals surface area contributed by atoms with E-state index in [1.807, 2.05) is 12.1 Å². The lowest BCUT2D eigenvalue weighted by Crippen LogP contribution is -1.93. The van der Waals surface area contributed by atoms with Crippen molar-refractivity contribution in [1.82, 2.24) is 0 Å². The topological polar surface area (TPSA) is 63.3 Å². The molecule has 1 aromatic carbocycles. The first kappa shape index (κ1) is 20.5. The van der Waals surface area contributed by atoms with E-state index in [9.17, 15) is 4.79 Å². The van der Waals surface area contributed by atoms with E-state index in [1.54, 1.807) is 0 Å². The standard InChI is InChI=1S/C21H35NO2/c22-20-17-15-19(16-18-20)13-11-9-7-5-3-1-2-4-6-8-10-12-14-21(23)24/h15-18H,1-14,22H2,(H,23,24). The smallest absolute Gasteiger partial charge is 0.303 e. The van der Waals surface area contributed by atoms with E-state index < -0.39 is 5.97 Å². The predicted octanol–water partition coefficient (Wildman–Crippen LogP) is 5.97. The summed E-state index contributed by atoms with van der Waals surface area (Å²) in [5, 5.41) is 8.55. The number of hydrogen-bond acceptors (Lipinski definition) is 2. The Bertz CT molecular complexity index is 428. The minimum Gasteiger partial charge on any atom is -0.481 e. The Morgan fingerprint density at radius 2 is 1.12 bits per heavy atom. The van der Waals surface area contributed by atoms with Gasteiger partial charge in [-0.15, -0.1) is 0 Å². The van der Waals surface area contributed by atoms with Gasteiger partial charge in [0, 0.05) is 12.1 Å². The maximum atomic E-state index is 10.4. The zero-order chi connectivity index (χ0) is 17.5. The molecule has 24 heavy (non-hydrogen) atoms. The molecule has 3 nitrogen and oxygen atoms in total. The van der Waals surface area contributed by atoms with Gasteiger partial charge in [-0.25, -0.2) is 0 Å². The van der Waals surface area contributed by atoms with E-state index in [4.69, 9.17) is 10.8 Å². The van der Waals surface area contributed by atoms with Crippen LogP contribution in [0.25, 0.3) is 0 Å². The zero-order valence-electron chi connectivity index (χ0n) is 15.1. The minimum atomic E-state index is -0.663. The van der Waals surface area contributed by atoms with Gasteiger partial charge in [0.15, 0.2) is 0 Å². The van der Waals surface area contributed by atoms with Gasteiger partial charge in [0.25, 0.3) is 0 Å². The molecule has 0 aliphatic heterocycles. The van der Waals surface area contributed by atoms with Gasteiger partial charge in [-0.3, -0.25) is 4.79 Å². The molecule has 136 valence electrons. The van der Waals surface area contributed by atoms with E-state index in [0.29, 0.717) is 6.42 Å². The minimum absolute atomic E-state index is 0.332. The first-order valence-corrected chi connectivity index (χ1v) is 9.74. The van der Waals surface area contributed by atoms with Crippen molar-refractivity contribution in [3.63, 3.8) is 0 Å². The van der Waals surface area contributed by atoms with Gasteiger partial charge in [0.05, 0.1) is 0 Å². The van der Waals surface area contributed by atoms with E-state index in [0.717, 1.165) is 18.5 Å². The first-order chi connectivity index (χ1) is 11.7. The molecule has 3 heteroatoms. The summed E-state index contributed by atoms with van der Waals surface area (Å²) in [6, 6.07) is 8.25. The van der Waals surface area contributed by atoms with Crippen LogP contribution in [0, 0.1) is 0 Å². The Morgan fingerprint density at radius 1 is 0.708 bits per heavy atom. The van der Waals surface area contributed by atoms with Crippen molar-refractivity contribution in [3.05, 3.63) is 29.8 Å². The summed E-state index contributed by atoms with van der Waals surface area (Å²) in [6.45, 7) is 0. The molecular weight excluding hydrogens is 298 g/mol. The van der Waals surface area contributed by atoms with Crippen LogP contribution < -0.4 is 5.73 Å². The molecule has 0 aliphatic carbocycles. The number of benzene rings is 1. The lowest BCUT2D eigenvalue weighted by atomic mass is 10.0. The van der Waals surface area contributed by atoms with Crippen LogP contribution in [0.1, 0.15) is 89.0 Å². The number of anilines is 1. The lowest BCUT2D eigenvalue weighted by Gasteiger charge is -2.04. The number of carboxylic acid groups (broad SMARTS) is 1. The average Bonchev–Trinajstić information content (AvgIpc) is 2.56. The molecule has 0 aromatic heterocycles. The number of unbranched alkanes of at least 4 members (excludes halogenated alkanes) is 11. The summed E-state index contributed by atoms with van der Waals surface area (Å²) in [4.78, 5) is 10.4. The molecule has 0 saturated heterocycles. The number of hydrogen-bond donors (Lipinski definition) is 2. The fraction of sp³-hybridized carbons (Fsp3) is 0.667. The lowest BCUT2D eigenvalue weighted by molar-refractivity contribution is -0.137. The predicted molar refractivity (Wildman–Crippen MR) is 102 cm³/mol. The second kappa shape index (κ2) is 13.9. The number of carbonyl (C=O) groups is 1. The average molecular weight is 334 g/mol. The van der Waals surface area contributed by atoms with E-state index in [-0.39, 0.29) is 0 Å². The van der Waals surface area contributed by atoms with Crippen molar-refractivity contribution in [1.29, 1.82) is 0 Å². The SMILES string of the molecule is Nc1ccc(CCCCCCCCCCCCCCC(=O)O)cc1. The summed E-state index contributed by atoms with van der Waals surface area (Å²) >= 11 is 0. The quantitative estimate of drug-likeness (QED) is 0.307. The highest BCUT2D eigenvalue weighted by Gasteiger charge is 1.97. The van der Waals surface area contributed by atoms with Crippen molar-refractivity contribution in [2.24, 2.45) is 0 Å². The van der Waals surface area contributed by atoms with Crippen LogP contribution in [0.2, 0.25) is 0 Å². The fourth-order valence-corrected chi connectivity index (χ4v) is 3.06. The molecule has 0 bridgehead atoms. The van der Waals surface area contributed by atoms with E-state index in [1.165, 1.54) is 76.2 Å². The van der Waals surface area contributed by atoms with Gasteiger partial charge >= 0.3 is 5.97 Å². The molecule has 1 aromatic rings. The number of carboxylic acids is 1. The Labute approximate surface area is 147 Å². The summed E-state index contributed by atoms with van der Waals surface area (Å²) in [5.41, 5.74) is 7.93. The molecule has 0 aliphatic rings. The fourth-order valence-electron chi connectivity index (χ4n) is 3.06. The third kappa shape index (κ3) is 12.0. The van der Waals surface area contributed by atoms with Crippen molar-refractivity contribution >= 4 is 11.7 Å². The third-order valence-electron chi connectivity index (χ3n) is 4.59. The van der Waals surface area contributed by atoms with Crippen LogP contribution in [0.3, 0.4) is 0 Å². The van der Waals surface area contributed by atoms with Crippen LogP contribution in [0.5, 0.6) is 0 Å². The van der Waals surface area contributed by atoms with Crippen molar-refractivity contribution in [3.8, 4) is 0 Å². The van der Waals surface area contributed by atoms with Crippen LogP contribution in [-0.4, -0.2) is 11.1 Å². The van der Waals surface area contributed by atoms with Crippen molar-refractivity contribution in [2.45, 2.75) is 89.9 Å². The van der Waals surface area contributed by atoms with Crippen molar-refractivity contribution in [2.75, 3.05) is 5.73 Å². The highest BCUT2D eigenvalue weighted by molar-refractivity contribution is 5.66. The second-order valence-corrected chi connectivity index (χ2v) is 6.88.